The van der Waals surface area contributed by atoms with Crippen LogP contribution in [0.3, 0.4) is 0 Å². The second-order valence-corrected chi connectivity index (χ2v) is 4.48. The molecule has 0 aliphatic carbocycles. The highest BCUT2D eigenvalue weighted by Gasteiger charge is 1.98. The maximum atomic E-state index is 11.3. The van der Waals surface area contributed by atoms with Crippen LogP contribution in [0, 0.1) is 9.49 Å². The third-order valence-corrected chi connectivity index (χ3v) is 2.15. The van der Waals surface area contributed by atoms with Crippen LogP contribution in [0.15, 0.2) is 23.1 Å². The summed E-state index contributed by atoms with van der Waals surface area (Å²) in [4.78, 5) is 11.3. The number of rotatable bonds is 2. The number of hydrogen-bond acceptors (Lipinski definition) is 1. The van der Waals surface area contributed by atoms with Gasteiger partial charge in [-0.05, 0) is 34.6 Å². The molecular formula is C9H12INO. The van der Waals surface area contributed by atoms with Gasteiger partial charge in [0.2, 0.25) is 0 Å². The SMILES string of the molecule is CC(C)Cn1cc(I)ccc1=O. The van der Waals surface area contributed by atoms with E-state index in [1.165, 1.54) is 0 Å². The molecule has 12 heavy (non-hydrogen) atoms. The zero-order valence-electron chi connectivity index (χ0n) is 7.25. The second-order valence-electron chi connectivity index (χ2n) is 3.23. The summed E-state index contributed by atoms with van der Waals surface area (Å²) in [5.74, 6) is 0.515. The molecular weight excluding hydrogens is 265 g/mol. The molecule has 0 saturated heterocycles. The Bertz CT molecular complexity index is 317. The van der Waals surface area contributed by atoms with Gasteiger partial charge in [-0.2, -0.15) is 0 Å². The molecule has 3 heteroatoms. The predicted octanol–water partition coefficient (Wildman–Crippen LogP) is 2.11. The molecule has 0 aliphatic heterocycles. The van der Waals surface area contributed by atoms with E-state index in [-0.39, 0.29) is 5.56 Å². The normalized spacial score (nSPS) is 10.7. The minimum Gasteiger partial charge on any atom is -0.314 e. The van der Waals surface area contributed by atoms with E-state index in [2.05, 4.69) is 36.4 Å². The molecule has 0 atom stereocenters. The first-order valence-corrected chi connectivity index (χ1v) is 5.03. The van der Waals surface area contributed by atoms with Crippen LogP contribution in [0.25, 0.3) is 0 Å². The number of nitrogens with zero attached hydrogens (tertiary/aromatic N) is 1. The van der Waals surface area contributed by atoms with Crippen LogP contribution in [0.2, 0.25) is 0 Å². The molecule has 66 valence electrons. The highest BCUT2D eigenvalue weighted by Crippen LogP contribution is 2.02. The van der Waals surface area contributed by atoms with Crippen molar-refractivity contribution in [2.45, 2.75) is 20.4 Å². The summed E-state index contributed by atoms with van der Waals surface area (Å²) in [6.07, 6.45) is 1.89. The zero-order chi connectivity index (χ0) is 9.14. The van der Waals surface area contributed by atoms with E-state index in [0.717, 1.165) is 10.1 Å². The van der Waals surface area contributed by atoms with Gasteiger partial charge in [-0.3, -0.25) is 4.79 Å². The van der Waals surface area contributed by atoms with Crippen LogP contribution < -0.4 is 5.56 Å². The van der Waals surface area contributed by atoms with Crippen molar-refractivity contribution in [3.8, 4) is 0 Å². The van der Waals surface area contributed by atoms with Crippen molar-refractivity contribution >= 4 is 22.6 Å². The highest BCUT2D eigenvalue weighted by atomic mass is 127. The van der Waals surface area contributed by atoms with Crippen LogP contribution >= 0.6 is 22.6 Å². The van der Waals surface area contributed by atoms with Crippen molar-refractivity contribution in [2.75, 3.05) is 0 Å². The Hall–Kier alpha value is -0.320. The van der Waals surface area contributed by atoms with Crippen molar-refractivity contribution in [3.63, 3.8) is 0 Å². The van der Waals surface area contributed by atoms with Crippen molar-refractivity contribution in [1.82, 2.24) is 4.57 Å². The molecule has 0 radical (unpaired) electrons. The van der Waals surface area contributed by atoms with Crippen molar-refractivity contribution in [2.24, 2.45) is 5.92 Å². The van der Waals surface area contributed by atoms with E-state index in [4.69, 9.17) is 0 Å². The van der Waals surface area contributed by atoms with Crippen LogP contribution in [0.1, 0.15) is 13.8 Å². The Labute approximate surface area is 85.7 Å². The van der Waals surface area contributed by atoms with Crippen molar-refractivity contribution < 1.29 is 0 Å². The largest absolute Gasteiger partial charge is 0.314 e. The fraction of sp³-hybridized carbons (Fsp3) is 0.444. The van der Waals surface area contributed by atoms with Gasteiger partial charge in [0.05, 0.1) is 0 Å². The lowest BCUT2D eigenvalue weighted by molar-refractivity contribution is 0.510. The lowest BCUT2D eigenvalue weighted by Crippen LogP contribution is -2.21. The molecule has 1 rings (SSSR count). The lowest BCUT2D eigenvalue weighted by atomic mass is 10.2. The second kappa shape index (κ2) is 4.07. The van der Waals surface area contributed by atoms with E-state index < -0.39 is 0 Å². The molecule has 2 nitrogen and oxygen atoms in total. The fourth-order valence-electron chi connectivity index (χ4n) is 1.04. The first-order chi connectivity index (χ1) is 5.59. The minimum absolute atomic E-state index is 0.0871. The molecule has 0 aliphatic rings. The van der Waals surface area contributed by atoms with Crippen molar-refractivity contribution in [3.05, 3.63) is 32.3 Å². The van der Waals surface area contributed by atoms with Gasteiger partial charge in [-0.15, -0.1) is 0 Å². The molecule has 0 bridgehead atoms. The van der Waals surface area contributed by atoms with E-state index >= 15 is 0 Å². The van der Waals surface area contributed by atoms with Gasteiger partial charge >= 0.3 is 0 Å². The lowest BCUT2D eigenvalue weighted by Gasteiger charge is -2.07. The van der Waals surface area contributed by atoms with E-state index in [9.17, 15) is 4.79 Å². The standard InChI is InChI=1S/C9H12INO/c1-7(2)5-11-6-8(10)3-4-9(11)12/h3-4,6-7H,5H2,1-2H3. The van der Waals surface area contributed by atoms with Gasteiger partial charge in [0.25, 0.3) is 5.56 Å². The molecule has 0 amide bonds. The maximum absolute atomic E-state index is 11.3. The highest BCUT2D eigenvalue weighted by molar-refractivity contribution is 14.1. The Morgan fingerprint density at radius 2 is 2.17 bits per heavy atom. The van der Waals surface area contributed by atoms with Gasteiger partial charge in [0, 0.05) is 22.4 Å². The Balaban J connectivity index is 2.98. The van der Waals surface area contributed by atoms with Crippen LogP contribution in [0.5, 0.6) is 0 Å². The van der Waals surface area contributed by atoms with Gasteiger partial charge in [-0.1, -0.05) is 13.8 Å². The average Bonchev–Trinajstić information content (AvgIpc) is 1.96. The predicted molar refractivity (Wildman–Crippen MR) is 58.3 cm³/mol. The van der Waals surface area contributed by atoms with Gasteiger partial charge in [-0.25, -0.2) is 0 Å². The summed E-state index contributed by atoms with van der Waals surface area (Å²) in [5, 5.41) is 0. The monoisotopic (exact) mass is 277 g/mol. The molecule has 1 heterocycles. The molecule has 0 saturated carbocycles. The number of aromatic nitrogens is 1. The molecule has 0 spiro atoms. The molecule has 1 aromatic rings. The Kier molecular flexibility index (Phi) is 3.31. The maximum Gasteiger partial charge on any atom is 0.250 e. The minimum atomic E-state index is 0.0871. The summed E-state index contributed by atoms with van der Waals surface area (Å²) in [5.41, 5.74) is 0.0871. The van der Waals surface area contributed by atoms with Crippen LogP contribution in [-0.2, 0) is 6.54 Å². The van der Waals surface area contributed by atoms with E-state index in [1.54, 1.807) is 10.6 Å². The first-order valence-electron chi connectivity index (χ1n) is 3.95. The number of hydrogen-bond donors (Lipinski definition) is 0. The molecule has 0 aromatic carbocycles. The quantitative estimate of drug-likeness (QED) is 0.759. The molecule has 1 aromatic heterocycles. The van der Waals surface area contributed by atoms with Crippen LogP contribution in [-0.4, -0.2) is 4.57 Å². The average molecular weight is 277 g/mol. The van der Waals surface area contributed by atoms with Crippen molar-refractivity contribution in [1.29, 1.82) is 0 Å². The molecule has 0 unspecified atom stereocenters. The van der Waals surface area contributed by atoms with E-state index in [0.29, 0.717) is 5.92 Å². The third-order valence-electron chi connectivity index (χ3n) is 1.51. The van der Waals surface area contributed by atoms with E-state index in [1.807, 2.05) is 12.3 Å². The van der Waals surface area contributed by atoms with Gasteiger partial charge in [0.1, 0.15) is 0 Å². The number of pyridine rings is 1. The first kappa shape index (κ1) is 9.77. The van der Waals surface area contributed by atoms with Gasteiger partial charge in [0.15, 0.2) is 0 Å². The fourth-order valence-corrected chi connectivity index (χ4v) is 1.55. The Morgan fingerprint density at radius 3 is 2.75 bits per heavy atom. The smallest absolute Gasteiger partial charge is 0.250 e. The Morgan fingerprint density at radius 1 is 1.50 bits per heavy atom. The summed E-state index contributed by atoms with van der Waals surface area (Å²) in [7, 11) is 0. The summed E-state index contributed by atoms with van der Waals surface area (Å²) in [6.45, 7) is 5.01. The topological polar surface area (TPSA) is 22.0 Å². The summed E-state index contributed by atoms with van der Waals surface area (Å²) < 4.78 is 2.86. The van der Waals surface area contributed by atoms with Gasteiger partial charge < -0.3 is 4.57 Å². The third kappa shape index (κ3) is 2.62. The summed E-state index contributed by atoms with van der Waals surface area (Å²) in [6, 6.07) is 3.45. The van der Waals surface area contributed by atoms with Crippen LogP contribution in [0.4, 0.5) is 0 Å². The molecule has 0 fully saturated rings. The zero-order valence-corrected chi connectivity index (χ0v) is 9.41. The molecule has 0 N–H and O–H groups in total. The number of halogens is 1. The summed E-state index contributed by atoms with van der Waals surface area (Å²) >= 11 is 2.21.